The maximum Gasteiger partial charge on any atom is 0.276 e. The van der Waals surface area contributed by atoms with Crippen LogP contribution in [0.3, 0.4) is 0 Å². The molecular weight excluding hydrogens is 361 g/mol. The second-order valence-electron chi connectivity index (χ2n) is 7.18. The van der Waals surface area contributed by atoms with E-state index in [0.29, 0.717) is 37.2 Å². The standard InChI is InChI=1S/C21H24FN3O3/c1-14-12-16(22)7-8-17(14)24-19(27)9-6-15-4-3-11-25(13-15)21(28)20-18(26)5-2-10-23-20/h2,5,7-8,10,12,15,26H,3-4,6,9,11,13H2,1H3,(H,24,27)/t15-/m1/s1. The number of rotatable bonds is 5. The van der Waals surface area contributed by atoms with Gasteiger partial charge in [-0.2, -0.15) is 0 Å². The highest BCUT2D eigenvalue weighted by Gasteiger charge is 2.27. The maximum absolute atomic E-state index is 13.2. The Morgan fingerprint density at radius 2 is 2.18 bits per heavy atom. The topological polar surface area (TPSA) is 82.5 Å². The van der Waals surface area contributed by atoms with Crippen molar-refractivity contribution in [2.75, 3.05) is 18.4 Å². The molecule has 2 N–H and O–H groups in total. The summed E-state index contributed by atoms with van der Waals surface area (Å²) in [6, 6.07) is 7.28. The van der Waals surface area contributed by atoms with Gasteiger partial charge >= 0.3 is 0 Å². The van der Waals surface area contributed by atoms with Crippen molar-refractivity contribution in [1.82, 2.24) is 9.88 Å². The quantitative estimate of drug-likeness (QED) is 0.825. The van der Waals surface area contributed by atoms with Crippen LogP contribution in [0.5, 0.6) is 5.75 Å². The first kappa shape index (κ1) is 19.8. The first-order valence-electron chi connectivity index (χ1n) is 9.43. The molecule has 1 aliphatic rings. The van der Waals surface area contributed by atoms with Gasteiger partial charge in [-0.25, -0.2) is 9.37 Å². The van der Waals surface area contributed by atoms with Crippen LogP contribution in [0, 0.1) is 18.7 Å². The smallest absolute Gasteiger partial charge is 0.276 e. The van der Waals surface area contributed by atoms with Crippen LogP contribution in [0.25, 0.3) is 0 Å². The molecule has 148 valence electrons. The second kappa shape index (κ2) is 8.82. The van der Waals surface area contributed by atoms with E-state index in [1.165, 1.54) is 24.4 Å². The zero-order valence-electron chi connectivity index (χ0n) is 15.8. The lowest BCUT2D eigenvalue weighted by Crippen LogP contribution is -2.40. The van der Waals surface area contributed by atoms with Crippen molar-refractivity contribution in [1.29, 1.82) is 0 Å². The molecule has 1 aromatic carbocycles. The Labute approximate surface area is 163 Å². The van der Waals surface area contributed by atoms with E-state index in [4.69, 9.17) is 0 Å². The number of aryl methyl sites for hydroxylation is 1. The van der Waals surface area contributed by atoms with Crippen LogP contribution in [0.15, 0.2) is 36.5 Å². The Hall–Kier alpha value is -2.96. The number of aromatic nitrogens is 1. The molecule has 28 heavy (non-hydrogen) atoms. The molecule has 0 bridgehead atoms. The molecule has 1 fully saturated rings. The molecule has 3 rings (SSSR count). The number of benzene rings is 1. The SMILES string of the molecule is Cc1cc(F)ccc1NC(=O)CC[C@H]1CCCN(C(=O)c2ncccc2O)C1. The van der Waals surface area contributed by atoms with Crippen molar-refractivity contribution in [3.63, 3.8) is 0 Å². The summed E-state index contributed by atoms with van der Waals surface area (Å²) >= 11 is 0. The maximum atomic E-state index is 13.2. The molecular formula is C21H24FN3O3. The van der Waals surface area contributed by atoms with Crippen LogP contribution in [0.4, 0.5) is 10.1 Å². The number of piperidine rings is 1. The highest BCUT2D eigenvalue weighted by Crippen LogP contribution is 2.24. The fourth-order valence-electron chi connectivity index (χ4n) is 3.51. The monoisotopic (exact) mass is 385 g/mol. The van der Waals surface area contributed by atoms with E-state index < -0.39 is 0 Å². The molecule has 1 aliphatic heterocycles. The van der Waals surface area contributed by atoms with E-state index in [2.05, 4.69) is 10.3 Å². The number of hydrogen-bond acceptors (Lipinski definition) is 4. The number of likely N-dealkylation sites (tertiary alicyclic amines) is 1. The van der Waals surface area contributed by atoms with Gasteiger partial charge in [0.05, 0.1) is 0 Å². The van der Waals surface area contributed by atoms with E-state index in [-0.39, 0.29) is 35.0 Å². The Balaban J connectivity index is 1.53. The zero-order valence-corrected chi connectivity index (χ0v) is 15.8. The van der Waals surface area contributed by atoms with Gasteiger partial charge in [0.15, 0.2) is 5.69 Å². The van der Waals surface area contributed by atoms with E-state index in [1.54, 1.807) is 24.0 Å². The summed E-state index contributed by atoms with van der Waals surface area (Å²) in [5.74, 6) is -0.650. The molecule has 2 aromatic rings. The summed E-state index contributed by atoms with van der Waals surface area (Å²) in [4.78, 5) is 30.5. The minimum atomic E-state index is -0.332. The number of aromatic hydroxyl groups is 1. The van der Waals surface area contributed by atoms with Crippen molar-refractivity contribution >= 4 is 17.5 Å². The highest BCUT2D eigenvalue weighted by atomic mass is 19.1. The number of nitrogens with one attached hydrogen (secondary N) is 1. The molecule has 7 heteroatoms. The summed E-state index contributed by atoms with van der Waals surface area (Å²) in [7, 11) is 0. The van der Waals surface area contributed by atoms with Gasteiger partial charge in [0, 0.05) is 31.4 Å². The average molecular weight is 385 g/mol. The summed E-state index contributed by atoms with van der Waals surface area (Å²) in [6.45, 7) is 2.90. The lowest BCUT2D eigenvalue weighted by Gasteiger charge is -2.32. The van der Waals surface area contributed by atoms with Gasteiger partial charge in [0.2, 0.25) is 5.91 Å². The number of carbonyl (C=O) groups excluding carboxylic acids is 2. The van der Waals surface area contributed by atoms with Crippen molar-refractivity contribution in [2.24, 2.45) is 5.92 Å². The lowest BCUT2D eigenvalue weighted by molar-refractivity contribution is -0.116. The molecule has 0 saturated carbocycles. The van der Waals surface area contributed by atoms with Crippen molar-refractivity contribution < 1.29 is 19.1 Å². The molecule has 2 heterocycles. The Morgan fingerprint density at radius 3 is 2.93 bits per heavy atom. The predicted molar refractivity (Wildman–Crippen MR) is 104 cm³/mol. The van der Waals surface area contributed by atoms with E-state index in [9.17, 15) is 19.1 Å². The second-order valence-corrected chi connectivity index (χ2v) is 7.18. The van der Waals surface area contributed by atoms with Crippen molar-refractivity contribution in [2.45, 2.75) is 32.6 Å². The summed E-state index contributed by atoms with van der Waals surface area (Å²) in [5.41, 5.74) is 1.35. The number of carbonyl (C=O) groups is 2. The largest absolute Gasteiger partial charge is 0.505 e. The predicted octanol–water partition coefficient (Wildman–Crippen LogP) is 3.51. The Bertz CT molecular complexity index is 872. The van der Waals surface area contributed by atoms with Gasteiger partial charge in [-0.3, -0.25) is 9.59 Å². The van der Waals surface area contributed by atoms with E-state index in [1.807, 2.05) is 0 Å². The number of nitrogens with zero attached hydrogens (tertiary/aromatic N) is 2. The normalized spacial score (nSPS) is 16.6. The molecule has 1 aromatic heterocycles. The fourth-order valence-corrected chi connectivity index (χ4v) is 3.51. The zero-order chi connectivity index (χ0) is 20.1. The molecule has 0 unspecified atom stereocenters. The van der Waals surface area contributed by atoms with Gasteiger partial charge in [0.1, 0.15) is 11.6 Å². The number of halogens is 1. The van der Waals surface area contributed by atoms with Crippen LogP contribution in [0.1, 0.15) is 41.7 Å². The lowest BCUT2D eigenvalue weighted by atomic mass is 9.93. The average Bonchev–Trinajstić information content (AvgIpc) is 2.69. The number of anilines is 1. The third-order valence-corrected chi connectivity index (χ3v) is 5.04. The molecule has 1 atom stereocenters. The minimum Gasteiger partial charge on any atom is -0.505 e. The van der Waals surface area contributed by atoms with Crippen LogP contribution in [-0.2, 0) is 4.79 Å². The third-order valence-electron chi connectivity index (χ3n) is 5.04. The van der Waals surface area contributed by atoms with Crippen LogP contribution >= 0.6 is 0 Å². The molecule has 6 nitrogen and oxygen atoms in total. The molecule has 0 radical (unpaired) electrons. The van der Waals surface area contributed by atoms with Crippen LogP contribution in [-0.4, -0.2) is 39.9 Å². The van der Waals surface area contributed by atoms with Gasteiger partial charge in [-0.05, 0) is 68.0 Å². The van der Waals surface area contributed by atoms with Gasteiger partial charge in [-0.15, -0.1) is 0 Å². The van der Waals surface area contributed by atoms with Crippen LogP contribution < -0.4 is 5.32 Å². The highest BCUT2D eigenvalue weighted by molar-refractivity contribution is 5.95. The third kappa shape index (κ3) is 4.85. The fraction of sp³-hybridized carbons (Fsp3) is 0.381. The van der Waals surface area contributed by atoms with Gasteiger partial charge in [-0.1, -0.05) is 0 Å². The molecule has 0 spiro atoms. The Morgan fingerprint density at radius 1 is 1.36 bits per heavy atom. The number of hydrogen-bond donors (Lipinski definition) is 2. The van der Waals surface area contributed by atoms with E-state index >= 15 is 0 Å². The first-order valence-corrected chi connectivity index (χ1v) is 9.43. The van der Waals surface area contributed by atoms with Crippen molar-refractivity contribution in [3.05, 3.63) is 53.6 Å². The van der Waals surface area contributed by atoms with Gasteiger partial charge < -0.3 is 15.3 Å². The Kier molecular flexibility index (Phi) is 6.23. The summed E-state index contributed by atoms with van der Waals surface area (Å²) < 4.78 is 13.2. The number of amides is 2. The molecule has 0 aliphatic carbocycles. The first-order chi connectivity index (χ1) is 13.4. The summed E-state index contributed by atoms with van der Waals surface area (Å²) in [5, 5.41) is 12.7. The summed E-state index contributed by atoms with van der Waals surface area (Å²) in [6.07, 6.45) is 4.27. The minimum absolute atomic E-state index is 0.0627. The van der Waals surface area contributed by atoms with E-state index in [0.717, 1.165) is 12.8 Å². The van der Waals surface area contributed by atoms with Crippen molar-refractivity contribution in [3.8, 4) is 5.75 Å². The van der Waals surface area contributed by atoms with Crippen LogP contribution in [0.2, 0.25) is 0 Å². The number of pyridine rings is 1. The molecule has 2 amide bonds. The molecule has 1 saturated heterocycles. The van der Waals surface area contributed by atoms with Gasteiger partial charge in [0.25, 0.3) is 5.91 Å².